The van der Waals surface area contributed by atoms with Gasteiger partial charge in [0.05, 0.1) is 5.56 Å². The van der Waals surface area contributed by atoms with Gasteiger partial charge in [-0.05, 0) is 97.0 Å². The zero-order chi connectivity index (χ0) is 27.1. The van der Waals surface area contributed by atoms with Crippen LogP contribution in [0, 0.1) is 46.3 Å². The highest BCUT2D eigenvalue weighted by atomic mass is 79.9. The monoisotopic (exact) mass is 582 g/mol. The molecule has 4 aliphatic carbocycles. The van der Waals surface area contributed by atoms with Gasteiger partial charge in [0.2, 0.25) is 0 Å². The molecule has 0 heterocycles. The van der Waals surface area contributed by atoms with E-state index < -0.39 is 0 Å². The molecule has 38 heavy (non-hydrogen) atoms. The quantitative estimate of drug-likeness (QED) is 0.132. The van der Waals surface area contributed by atoms with Crippen molar-refractivity contribution < 1.29 is 9.53 Å². The molecule has 0 bridgehead atoms. The van der Waals surface area contributed by atoms with Gasteiger partial charge in [-0.2, -0.15) is 0 Å². The SMILES string of the molecule is CC(C)CCCC[C@@H](C)[C@H]1CCC2C3C(CC[C@@]21C)[C@@]1(C)CC[C@H](OC(=O)c2ccccc2)CC1=C[C@@H]3Br. The van der Waals surface area contributed by atoms with Crippen molar-refractivity contribution in [3.8, 4) is 0 Å². The topological polar surface area (TPSA) is 26.3 Å². The lowest BCUT2D eigenvalue weighted by atomic mass is 9.47. The molecule has 0 aromatic heterocycles. The van der Waals surface area contributed by atoms with E-state index in [0.29, 0.717) is 15.8 Å². The molecule has 3 heteroatoms. The number of ether oxygens (including phenoxy) is 1. The minimum absolute atomic E-state index is 0.000422. The van der Waals surface area contributed by atoms with Crippen LogP contribution < -0.4 is 0 Å². The summed E-state index contributed by atoms with van der Waals surface area (Å²) in [6.45, 7) is 12.5. The van der Waals surface area contributed by atoms with E-state index in [0.717, 1.165) is 54.8 Å². The lowest BCUT2D eigenvalue weighted by Gasteiger charge is -2.59. The molecule has 0 aliphatic heterocycles. The van der Waals surface area contributed by atoms with E-state index in [9.17, 15) is 4.79 Å². The van der Waals surface area contributed by atoms with Gasteiger partial charge in [0.25, 0.3) is 0 Å². The summed E-state index contributed by atoms with van der Waals surface area (Å²) < 4.78 is 6.03. The molecule has 3 fully saturated rings. The average molecular weight is 584 g/mol. The molecule has 0 radical (unpaired) electrons. The van der Waals surface area contributed by atoms with Gasteiger partial charge in [-0.1, -0.05) is 106 Å². The Hall–Kier alpha value is -1.09. The molecule has 0 spiro atoms. The molecule has 0 N–H and O–H groups in total. The Labute approximate surface area is 240 Å². The van der Waals surface area contributed by atoms with E-state index in [1.807, 2.05) is 30.3 Å². The first-order valence-electron chi connectivity index (χ1n) is 15.7. The normalized spacial score (nSPS) is 39.1. The molecule has 3 unspecified atom stereocenters. The van der Waals surface area contributed by atoms with Crippen LogP contribution in [0.3, 0.4) is 0 Å². The summed E-state index contributed by atoms with van der Waals surface area (Å²) in [6.07, 6.45) is 16.8. The Balaban J connectivity index is 1.27. The number of alkyl halides is 1. The minimum Gasteiger partial charge on any atom is -0.458 e. The predicted molar refractivity (Wildman–Crippen MR) is 161 cm³/mol. The molecule has 1 aromatic carbocycles. The first kappa shape index (κ1) is 28.4. The van der Waals surface area contributed by atoms with Crippen LogP contribution in [0.2, 0.25) is 0 Å². The molecule has 4 aliphatic rings. The van der Waals surface area contributed by atoms with E-state index in [1.54, 1.807) is 5.57 Å². The number of hydrogen-bond donors (Lipinski definition) is 0. The molecule has 5 rings (SSSR count). The number of rotatable bonds is 8. The van der Waals surface area contributed by atoms with Crippen molar-refractivity contribution in [2.75, 3.05) is 0 Å². The van der Waals surface area contributed by atoms with Crippen LogP contribution in [-0.4, -0.2) is 16.9 Å². The summed E-state index contributed by atoms with van der Waals surface area (Å²) in [4.78, 5) is 13.2. The van der Waals surface area contributed by atoms with Crippen LogP contribution >= 0.6 is 15.9 Å². The fraction of sp³-hybridized carbons (Fsp3) is 0.743. The Morgan fingerprint density at radius 1 is 0.974 bits per heavy atom. The van der Waals surface area contributed by atoms with Crippen molar-refractivity contribution in [3.63, 3.8) is 0 Å². The van der Waals surface area contributed by atoms with E-state index in [1.165, 1.54) is 51.4 Å². The molecule has 0 saturated heterocycles. The van der Waals surface area contributed by atoms with Gasteiger partial charge in [-0.25, -0.2) is 4.79 Å². The summed E-state index contributed by atoms with van der Waals surface area (Å²) >= 11 is 4.22. The van der Waals surface area contributed by atoms with Crippen LogP contribution in [0.1, 0.15) is 116 Å². The number of esters is 1. The van der Waals surface area contributed by atoms with Gasteiger partial charge in [-0.15, -0.1) is 0 Å². The van der Waals surface area contributed by atoms with Crippen LogP contribution in [0.25, 0.3) is 0 Å². The van der Waals surface area contributed by atoms with Crippen LogP contribution in [0.4, 0.5) is 0 Å². The predicted octanol–water partition coefficient (Wildman–Crippen LogP) is 10.0. The number of allylic oxidation sites excluding steroid dienone is 1. The molecule has 1 aromatic rings. The third-order valence-electron chi connectivity index (χ3n) is 11.8. The molecule has 210 valence electrons. The summed E-state index contributed by atoms with van der Waals surface area (Å²) in [7, 11) is 0. The van der Waals surface area contributed by atoms with Crippen LogP contribution in [0.15, 0.2) is 42.0 Å². The largest absolute Gasteiger partial charge is 0.458 e. The maximum atomic E-state index is 12.8. The fourth-order valence-corrected chi connectivity index (χ4v) is 10.7. The number of benzene rings is 1. The maximum absolute atomic E-state index is 12.8. The highest BCUT2D eigenvalue weighted by molar-refractivity contribution is 9.09. The molecule has 2 nitrogen and oxygen atoms in total. The standard InChI is InChI=1S/C35H51BrO2/c1-23(2)11-9-10-12-24(3)28-15-16-29-32-30(18-20-35(28,29)5)34(4)19-17-27(21-26(34)22-31(32)36)38-33(37)25-13-7-6-8-14-25/h6-8,13-14,22-24,27-32H,9-12,15-21H2,1-5H3/t24-,27+,28-,29?,30?,31+,32?,34+,35-/m1/s1. The summed E-state index contributed by atoms with van der Waals surface area (Å²) in [6, 6.07) is 9.47. The van der Waals surface area contributed by atoms with Crippen LogP contribution in [0.5, 0.6) is 0 Å². The summed E-state index contributed by atoms with van der Waals surface area (Å²) in [5, 5.41) is 0. The van der Waals surface area contributed by atoms with Gasteiger partial charge in [0, 0.05) is 11.2 Å². The average Bonchev–Trinajstić information content (AvgIpc) is 3.25. The van der Waals surface area contributed by atoms with Gasteiger partial charge >= 0.3 is 5.97 Å². The number of unbranched alkanes of at least 4 members (excludes halogenated alkanes) is 1. The fourth-order valence-electron chi connectivity index (χ4n) is 9.66. The first-order chi connectivity index (χ1) is 18.1. The first-order valence-corrected chi connectivity index (χ1v) is 16.7. The van der Waals surface area contributed by atoms with Crippen molar-refractivity contribution in [1.29, 1.82) is 0 Å². The third kappa shape index (κ3) is 5.31. The van der Waals surface area contributed by atoms with Crippen LogP contribution in [-0.2, 0) is 4.74 Å². The second-order valence-electron chi connectivity index (χ2n) is 14.4. The second kappa shape index (κ2) is 11.4. The highest BCUT2D eigenvalue weighted by Crippen LogP contribution is 2.68. The molecule has 0 amide bonds. The zero-order valence-electron chi connectivity index (χ0n) is 24.6. The molecular formula is C35H51BrO2. The lowest BCUT2D eigenvalue weighted by Crippen LogP contribution is -2.54. The summed E-state index contributed by atoms with van der Waals surface area (Å²) in [5.74, 6) is 4.71. The van der Waals surface area contributed by atoms with Crippen molar-refractivity contribution in [2.24, 2.45) is 46.3 Å². The Morgan fingerprint density at radius 3 is 2.45 bits per heavy atom. The zero-order valence-corrected chi connectivity index (χ0v) is 26.1. The number of carbonyl (C=O) groups is 1. The van der Waals surface area contributed by atoms with E-state index in [-0.39, 0.29) is 17.5 Å². The van der Waals surface area contributed by atoms with Crippen molar-refractivity contribution >= 4 is 21.9 Å². The van der Waals surface area contributed by atoms with E-state index >= 15 is 0 Å². The lowest BCUT2D eigenvalue weighted by molar-refractivity contribution is -0.0567. The minimum atomic E-state index is -0.173. The van der Waals surface area contributed by atoms with Crippen molar-refractivity contribution in [3.05, 3.63) is 47.5 Å². The van der Waals surface area contributed by atoms with Crippen molar-refractivity contribution in [2.45, 2.75) is 116 Å². The Bertz CT molecular complexity index is 1000. The maximum Gasteiger partial charge on any atom is 0.338 e. The van der Waals surface area contributed by atoms with Gasteiger partial charge in [0.15, 0.2) is 0 Å². The third-order valence-corrected chi connectivity index (χ3v) is 12.7. The molecular weight excluding hydrogens is 532 g/mol. The second-order valence-corrected chi connectivity index (χ2v) is 15.4. The smallest absolute Gasteiger partial charge is 0.338 e. The van der Waals surface area contributed by atoms with E-state index in [2.05, 4.69) is 56.6 Å². The number of carbonyl (C=O) groups excluding carboxylic acids is 1. The number of hydrogen-bond acceptors (Lipinski definition) is 2. The number of fused-ring (bicyclic) bond motifs is 5. The van der Waals surface area contributed by atoms with Gasteiger partial charge in [-0.3, -0.25) is 0 Å². The molecule has 9 atom stereocenters. The van der Waals surface area contributed by atoms with E-state index in [4.69, 9.17) is 4.74 Å². The Kier molecular flexibility index (Phi) is 8.55. The summed E-state index contributed by atoms with van der Waals surface area (Å²) in [5.41, 5.74) is 2.96. The highest BCUT2D eigenvalue weighted by Gasteiger charge is 2.61. The number of halogens is 1. The van der Waals surface area contributed by atoms with Gasteiger partial charge in [0.1, 0.15) is 6.10 Å². The van der Waals surface area contributed by atoms with Crippen molar-refractivity contribution in [1.82, 2.24) is 0 Å². The molecule has 3 saturated carbocycles. The van der Waals surface area contributed by atoms with Gasteiger partial charge < -0.3 is 4.74 Å². The Morgan fingerprint density at radius 2 is 1.71 bits per heavy atom.